The Morgan fingerprint density at radius 2 is 1.68 bits per heavy atom. The molecule has 0 spiro atoms. The molecule has 0 fully saturated rings. The highest BCUT2D eigenvalue weighted by Crippen LogP contribution is 2.34. The Hall–Kier alpha value is -3.12. The average molecular weight is 352 g/mol. The van der Waals surface area contributed by atoms with E-state index in [4.69, 9.17) is 5.73 Å². The van der Waals surface area contributed by atoms with Crippen LogP contribution < -0.4 is 11.1 Å². The van der Waals surface area contributed by atoms with Gasteiger partial charge in [-0.05, 0) is 60.7 Å². The fraction of sp³-hybridized carbons (Fsp3) is 0. The maximum atomic E-state index is 12.2. The van der Waals surface area contributed by atoms with E-state index in [1.165, 1.54) is 23.9 Å². The number of amides is 1. The molecule has 3 aromatic carbocycles. The molecule has 3 aromatic rings. The maximum absolute atomic E-state index is 12.2. The molecule has 25 heavy (non-hydrogen) atoms. The fourth-order valence-electron chi connectivity index (χ4n) is 2.21. The van der Waals surface area contributed by atoms with Gasteiger partial charge in [-0.15, -0.1) is 0 Å². The number of nitrogen functional groups attached to an aromatic ring is 1. The SMILES string of the molecule is Nc1cc(NC(=O)c2cccc(O)c2)ccc1Sc1ccc(O)cc1. The minimum Gasteiger partial charge on any atom is -0.508 e. The van der Waals surface area contributed by atoms with Crippen LogP contribution >= 0.6 is 11.8 Å². The van der Waals surface area contributed by atoms with Gasteiger partial charge in [0.15, 0.2) is 0 Å². The second-order valence-electron chi connectivity index (χ2n) is 5.35. The van der Waals surface area contributed by atoms with Crippen molar-refractivity contribution < 1.29 is 15.0 Å². The van der Waals surface area contributed by atoms with Crippen molar-refractivity contribution in [1.29, 1.82) is 0 Å². The van der Waals surface area contributed by atoms with Gasteiger partial charge in [0.05, 0.1) is 0 Å². The van der Waals surface area contributed by atoms with Crippen molar-refractivity contribution in [3.8, 4) is 11.5 Å². The normalized spacial score (nSPS) is 10.4. The molecule has 0 aromatic heterocycles. The van der Waals surface area contributed by atoms with E-state index in [0.717, 1.165) is 9.79 Å². The summed E-state index contributed by atoms with van der Waals surface area (Å²) in [6, 6.07) is 18.2. The van der Waals surface area contributed by atoms with E-state index < -0.39 is 0 Å². The van der Waals surface area contributed by atoms with Crippen LogP contribution in [0.15, 0.2) is 76.5 Å². The Balaban J connectivity index is 1.73. The van der Waals surface area contributed by atoms with Crippen LogP contribution in [0.4, 0.5) is 11.4 Å². The number of rotatable bonds is 4. The molecule has 0 aliphatic carbocycles. The minimum atomic E-state index is -0.325. The van der Waals surface area contributed by atoms with Crippen LogP contribution in [0.3, 0.4) is 0 Å². The first-order valence-corrected chi connectivity index (χ1v) is 8.30. The smallest absolute Gasteiger partial charge is 0.255 e. The monoisotopic (exact) mass is 352 g/mol. The van der Waals surface area contributed by atoms with Gasteiger partial charge in [-0.3, -0.25) is 4.79 Å². The third kappa shape index (κ3) is 4.24. The summed E-state index contributed by atoms with van der Waals surface area (Å²) in [6.45, 7) is 0. The zero-order chi connectivity index (χ0) is 17.8. The molecule has 5 nitrogen and oxygen atoms in total. The Morgan fingerprint density at radius 3 is 2.36 bits per heavy atom. The predicted octanol–water partition coefficient (Wildman–Crippen LogP) is 4.08. The van der Waals surface area contributed by atoms with Crippen molar-refractivity contribution in [3.63, 3.8) is 0 Å². The molecule has 3 rings (SSSR count). The Morgan fingerprint density at radius 1 is 0.920 bits per heavy atom. The number of phenols is 2. The third-order valence-corrected chi connectivity index (χ3v) is 4.54. The molecule has 5 N–H and O–H groups in total. The highest BCUT2D eigenvalue weighted by molar-refractivity contribution is 7.99. The van der Waals surface area contributed by atoms with Crippen LogP contribution in [0.1, 0.15) is 10.4 Å². The number of anilines is 2. The third-order valence-electron chi connectivity index (χ3n) is 3.44. The predicted molar refractivity (Wildman–Crippen MR) is 99.1 cm³/mol. The second-order valence-corrected chi connectivity index (χ2v) is 6.47. The van der Waals surface area contributed by atoms with Gasteiger partial charge in [-0.1, -0.05) is 17.8 Å². The lowest BCUT2D eigenvalue weighted by Crippen LogP contribution is -2.11. The van der Waals surface area contributed by atoms with Gasteiger partial charge >= 0.3 is 0 Å². The molecule has 0 saturated heterocycles. The fourth-order valence-corrected chi connectivity index (χ4v) is 3.05. The molecule has 0 aliphatic rings. The van der Waals surface area contributed by atoms with E-state index in [1.807, 2.05) is 6.07 Å². The molecule has 0 radical (unpaired) electrons. The summed E-state index contributed by atoms with van der Waals surface area (Å²) in [4.78, 5) is 14.0. The van der Waals surface area contributed by atoms with Crippen LogP contribution in [-0.2, 0) is 0 Å². The van der Waals surface area contributed by atoms with Gasteiger partial charge in [-0.25, -0.2) is 0 Å². The van der Waals surface area contributed by atoms with Crippen LogP contribution in [0, 0.1) is 0 Å². The summed E-state index contributed by atoms with van der Waals surface area (Å²) in [5.74, 6) is -0.0793. The van der Waals surface area contributed by atoms with Gasteiger partial charge in [-0.2, -0.15) is 0 Å². The number of aromatic hydroxyl groups is 2. The number of phenolic OH excluding ortho intramolecular Hbond substituents is 2. The van der Waals surface area contributed by atoms with Crippen LogP contribution in [0.5, 0.6) is 11.5 Å². The van der Waals surface area contributed by atoms with Gasteiger partial charge in [0.1, 0.15) is 11.5 Å². The van der Waals surface area contributed by atoms with E-state index in [9.17, 15) is 15.0 Å². The molecule has 0 heterocycles. The summed E-state index contributed by atoms with van der Waals surface area (Å²) in [7, 11) is 0. The summed E-state index contributed by atoms with van der Waals surface area (Å²) < 4.78 is 0. The van der Waals surface area contributed by atoms with Crippen LogP contribution in [0.25, 0.3) is 0 Å². The molecule has 0 bridgehead atoms. The van der Waals surface area contributed by atoms with Gasteiger partial charge in [0.25, 0.3) is 5.91 Å². The van der Waals surface area contributed by atoms with Crippen molar-refractivity contribution in [2.75, 3.05) is 11.1 Å². The van der Waals surface area contributed by atoms with Crippen molar-refractivity contribution in [2.24, 2.45) is 0 Å². The molecule has 126 valence electrons. The first kappa shape index (κ1) is 16.7. The lowest BCUT2D eigenvalue weighted by molar-refractivity contribution is 0.102. The van der Waals surface area contributed by atoms with E-state index in [-0.39, 0.29) is 17.4 Å². The molecule has 6 heteroatoms. The van der Waals surface area contributed by atoms with E-state index >= 15 is 0 Å². The lowest BCUT2D eigenvalue weighted by Gasteiger charge is -2.10. The van der Waals surface area contributed by atoms with Gasteiger partial charge < -0.3 is 21.3 Å². The summed E-state index contributed by atoms with van der Waals surface area (Å²) >= 11 is 1.47. The van der Waals surface area contributed by atoms with Gasteiger partial charge in [0.2, 0.25) is 0 Å². The quantitative estimate of drug-likeness (QED) is 0.531. The molecule has 0 atom stereocenters. The van der Waals surface area contributed by atoms with Crippen LogP contribution in [-0.4, -0.2) is 16.1 Å². The Kier molecular flexibility index (Phi) is 4.81. The number of carbonyl (C=O) groups is 1. The van der Waals surface area contributed by atoms with Crippen molar-refractivity contribution in [2.45, 2.75) is 9.79 Å². The number of hydrogen-bond donors (Lipinski definition) is 4. The highest BCUT2D eigenvalue weighted by atomic mass is 32.2. The largest absolute Gasteiger partial charge is 0.508 e. The summed E-state index contributed by atoms with van der Waals surface area (Å²) in [5.41, 5.74) is 7.54. The highest BCUT2D eigenvalue weighted by Gasteiger charge is 2.09. The summed E-state index contributed by atoms with van der Waals surface area (Å²) in [6.07, 6.45) is 0. The number of hydrogen-bond acceptors (Lipinski definition) is 5. The Labute approximate surface area is 149 Å². The van der Waals surface area contributed by atoms with E-state index in [0.29, 0.717) is 16.9 Å². The number of nitrogens with one attached hydrogen (secondary N) is 1. The van der Waals surface area contributed by atoms with Crippen molar-refractivity contribution in [3.05, 3.63) is 72.3 Å². The maximum Gasteiger partial charge on any atom is 0.255 e. The molecule has 0 aliphatic heterocycles. The minimum absolute atomic E-state index is 0.0350. The number of carbonyl (C=O) groups excluding carboxylic acids is 1. The van der Waals surface area contributed by atoms with E-state index in [2.05, 4.69) is 5.32 Å². The van der Waals surface area contributed by atoms with Crippen molar-refractivity contribution in [1.82, 2.24) is 0 Å². The number of nitrogens with two attached hydrogens (primary N) is 1. The molecule has 0 unspecified atom stereocenters. The lowest BCUT2D eigenvalue weighted by atomic mass is 10.2. The molecular weight excluding hydrogens is 336 g/mol. The van der Waals surface area contributed by atoms with Crippen LogP contribution in [0.2, 0.25) is 0 Å². The summed E-state index contributed by atoms with van der Waals surface area (Å²) in [5, 5.41) is 21.5. The van der Waals surface area contributed by atoms with Crippen molar-refractivity contribution >= 4 is 29.0 Å². The second kappa shape index (κ2) is 7.19. The Bertz CT molecular complexity index is 911. The first-order valence-electron chi connectivity index (χ1n) is 7.48. The first-order chi connectivity index (χ1) is 12.0. The van der Waals surface area contributed by atoms with E-state index in [1.54, 1.807) is 48.5 Å². The molecular formula is C19H16N2O3S. The topological polar surface area (TPSA) is 95.6 Å². The standard InChI is InChI=1S/C19H16N2O3S/c20-17-11-13(21-19(24)12-2-1-3-15(23)10-12)4-9-18(17)25-16-7-5-14(22)6-8-16/h1-11,22-23H,20H2,(H,21,24). The zero-order valence-corrected chi connectivity index (χ0v) is 14.0. The average Bonchev–Trinajstić information content (AvgIpc) is 2.59. The number of benzene rings is 3. The molecule has 1 amide bonds. The van der Waals surface area contributed by atoms with Gasteiger partial charge in [0, 0.05) is 26.7 Å². The zero-order valence-electron chi connectivity index (χ0n) is 13.1. The molecule has 0 saturated carbocycles.